The van der Waals surface area contributed by atoms with Gasteiger partial charge in [-0.15, -0.1) is 0 Å². The Morgan fingerprint density at radius 1 is 0.983 bits per heavy atom. The Balaban J connectivity index is 1.08. The molecule has 0 bridgehead atoms. The molecule has 2 aliphatic heterocycles. The van der Waals surface area contributed by atoms with Crippen molar-refractivity contribution in [2.45, 2.75) is 128 Å². The lowest BCUT2D eigenvalue weighted by Crippen LogP contribution is -2.50. The van der Waals surface area contributed by atoms with E-state index in [1.165, 1.54) is 0 Å². The molecule has 4 aliphatic rings. The molecule has 2 N–H and O–H groups in total. The van der Waals surface area contributed by atoms with Crippen LogP contribution in [0.4, 0.5) is 14.9 Å². The van der Waals surface area contributed by atoms with E-state index in [9.17, 15) is 23.6 Å². The van der Waals surface area contributed by atoms with Gasteiger partial charge in [0.1, 0.15) is 23.9 Å². The molecule has 3 amide bonds. The van der Waals surface area contributed by atoms with Crippen LogP contribution in [0.3, 0.4) is 0 Å². The first kappa shape index (κ1) is 43.8. The zero-order valence-corrected chi connectivity index (χ0v) is 35.3. The van der Waals surface area contributed by atoms with Gasteiger partial charge >= 0.3 is 12.1 Å². The van der Waals surface area contributed by atoms with Gasteiger partial charge in [0.05, 0.1) is 31.0 Å². The molecule has 3 heterocycles. The number of ether oxygens (including phenoxy) is 4. The molecule has 0 unspecified atom stereocenters. The average Bonchev–Trinajstić information content (AvgIpc) is 3.83. The Bertz CT molecular complexity index is 1730. The molecule has 6 rings (SSSR count). The van der Waals surface area contributed by atoms with Crippen molar-refractivity contribution >= 4 is 40.5 Å². The maximum atomic E-state index is 14.4. The number of nitrogens with zero attached hydrogens (tertiary/aromatic N) is 2. The van der Waals surface area contributed by atoms with Gasteiger partial charge < -0.3 is 38.9 Å². The van der Waals surface area contributed by atoms with E-state index in [0.717, 1.165) is 51.7 Å². The number of esters is 1. The highest BCUT2D eigenvalue weighted by Crippen LogP contribution is 2.42. The molecule has 58 heavy (non-hydrogen) atoms. The Labute approximate surface area is 342 Å². The topological polar surface area (TPSA) is 149 Å². The smallest absolute Gasteiger partial charge is 0.407 e. The van der Waals surface area contributed by atoms with Gasteiger partial charge in [-0.1, -0.05) is 0 Å². The third kappa shape index (κ3) is 11.3. The van der Waals surface area contributed by atoms with Gasteiger partial charge in [-0.05, 0) is 141 Å². The number of anilines is 1. The standard InChI is InChI=1S/C44H65FN4O9/c1-43(2,3)58-42(53)47-35(26-45)29-8-10-30(11-9-29)40(51)49-20-18-34(28-12-15-33(54-6)16-13-28)38(49)39(50)46-32-14-17-36-31(24-32)25-37(57-36)41(52)55-22-7-19-48-21-23-56-44(4,5)27-48/h14,17,24-25,28-30,33-35,38H,7-13,15-16,18-23,26-27H2,1-6H3,(H,46,50)(H,47,53)/t28?,29?,30?,33?,34-,35+,38-/m0/s1. The number of benzene rings is 1. The van der Waals surface area contributed by atoms with Gasteiger partial charge in [-0.3, -0.25) is 14.5 Å². The number of amides is 3. The number of methoxy groups -OCH3 is 1. The van der Waals surface area contributed by atoms with E-state index < -0.39 is 36.4 Å². The number of fused-ring (bicyclic) bond motifs is 1. The van der Waals surface area contributed by atoms with Crippen LogP contribution in [0.1, 0.15) is 109 Å². The molecular formula is C44H65FN4O9. The minimum absolute atomic E-state index is 0.000748. The maximum absolute atomic E-state index is 14.4. The number of hydrogen-bond donors (Lipinski definition) is 2. The summed E-state index contributed by atoms with van der Waals surface area (Å²) in [5.41, 5.74) is 0.164. The number of morpholine rings is 1. The molecule has 4 fully saturated rings. The van der Waals surface area contributed by atoms with Crippen molar-refractivity contribution in [2.75, 3.05) is 58.5 Å². The number of carbonyl (C=O) groups is 4. The summed E-state index contributed by atoms with van der Waals surface area (Å²) < 4.78 is 42.3. The molecular weight excluding hydrogens is 748 g/mol. The minimum atomic E-state index is -0.714. The summed E-state index contributed by atoms with van der Waals surface area (Å²) in [6, 6.07) is 5.56. The van der Waals surface area contributed by atoms with Crippen molar-refractivity contribution in [1.29, 1.82) is 0 Å². The largest absolute Gasteiger partial charge is 0.460 e. The molecule has 2 aliphatic carbocycles. The van der Waals surface area contributed by atoms with Crippen molar-refractivity contribution in [3.8, 4) is 0 Å². The van der Waals surface area contributed by atoms with Gasteiger partial charge in [0.15, 0.2) is 0 Å². The second-order valence-corrected chi connectivity index (χ2v) is 18.4. The van der Waals surface area contributed by atoms with E-state index in [2.05, 4.69) is 29.4 Å². The summed E-state index contributed by atoms with van der Waals surface area (Å²) in [6.45, 7) is 12.7. The number of furan rings is 1. The number of alkyl halides is 1. The van der Waals surface area contributed by atoms with E-state index in [1.54, 1.807) is 57.0 Å². The van der Waals surface area contributed by atoms with Crippen LogP contribution in [0, 0.1) is 23.7 Å². The first-order valence-corrected chi connectivity index (χ1v) is 21.4. The highest BCUT2D eigenvalue weighted by molar-refractivity contribution is 6.00. The predicted molar refractivity (Wildman–Crippen MR) is 217 cm³/mol. The average molecular weight is 813 g/mol. The molecule has 1 aromatic heterocycles. The van der Waals surface area contributed by atoms with Gasteiger partial charge in [0, 0.05) is 50.3 Å². The summed E-state index contributed by atoms with van der Waals surface area (Å²) in [7, 11) is 1.74. The molecule has 2 aromatic rings. The summed E-state index contributed by atoms with van der Waals surface area (Å²) in [4.78, 5) is 58.1. The fraction of sp³-hybridized carbons (Fsp3) is 0.727. The number of rotatable bonds is 13. The van der Waals surface area contributed by atoms with Crippen molar-refractivity contribution in [3.63, 3.8) is 0 Å². The lowest BCUT2D eigenvalue weighted by Gasteiger charge is -2.38. The first-order valence-electron chi connectivity index (χ1n) is 21.4. The van der Waals surface area contributed by atoms with Crippen molar-refractivity contribution in [1.82, 2.24) is 15.1 Å². The molecule has 1 aromatic carbocycles. The monoisotopic (exact) mass is 812 g/mol. The molecule has 14 heteroatoms. The van der Waals surface area contributed by atoms with Gasteiger partial charge in [-0.25, -0.2) is 14.0 Å². The van der Waals surface area contributed by atoms with Crippen LogP contribution in [0.2, 0.25) is 0 Å². The van der Waals surface area contributed by atoms with Crippen LogP contribution in [0.25, 0.3) is 11.0 Å². The summed E-state index contributed by atoms with van der Waals surface area (Å²) >= 11 is 0. The van der Waals surface area contributed by atoms with Crippen molar-refractivity contribution in [2.24, 2.45) is 23.7 Å². The molecule has 3 atom stereocenters. The third-order valence-electron chi connectivity index (χ3n) is 12.6. The Hall–Kier alpha value is -3.75. The fourth-order valence-electron chi connectivity index (χ4n) is 9.66. The van der Waals surface area contributed by atoms with Crippen LogP contribution in [-0.4, -0.2) is 116 Å². The predicted octanol–water partition coefficient (Wildman–Crippen LogP) is 7.12. The number of likely N-dealkylation sites (tertiary alicyclic amines) is 1. The van der Waals surface area contributed by atoms with E-state index >= 15 is 0 Å². The molecule has 0 radical (unpaired) electrons. The molecule has 0 spiro atoms. The number of alkyl carbamates (subject to hydrolysis) is 1. The Kier molecular flexibility index (Phi) is 14.4. The van der Waals surface area contributed by atoms with Gasteiger partial charge in [0.25, 0.3) is 0 Å². The van der Waals surface area contributed by atoms with Gasteiger partial charge in [0.2, 0.25) is 17.6 Å². The zero-order valence-electron chi connectivity index (χ0n) is 35.3. The number of halogens is 1. The van der Waals surface area contributed by atoms with E-state index in [0.29, 0.717) is 61.9 Å². The second kappa shape index (κ2) is 19.1. The van der Waals surface area contributed by atoms with Crippen LogP contribution >= 0.6 is 0 Å². The number of nitrogens with one attached hydrogen (secondary N) is 2. The first-order chi connectivity index (χ1) is 27.6. The maximum Gasteiger partial charge on any atom is 0.407 e. The van der Waals surface area contributed by atoms with Crippen molar-refractivity contribution < 1.29 is 46.9 Å². The van der Waals surface area contributed by atoms with E-state index in [4.69, 9.17) is 23.4 Å². The van der Waals surface area contributed by atoms with Crippen LogP contribution in [0.15, 0.2) is 28.7 Å². The lowest BCUT2D eigenvalue weighted by atomic mass is 9.75. The van der Waals surface area contributed by atoms with Crippen LogP contribution in [-0.2, 0) is 28.5 Å². The van der Waals surface area contributed by atoms with E-state index in [-0.39, 0.29) is 59.6 Å². The molecule has 2 saturated carbocycles. The van der Waals surface area contributed by atoms with Crippen LogP contribution in [0.5, 0.6) is 0 Å². The fourth-order valence-corrected chi connectivity index (χ4v) is 9.66. The highest BCUT2D eigenvalue weighted by Gasteiger charge is 2.47. The summed E-state index contributed by atoms with van der Waals surface area (Å²) in [5, 5.41) is 6.46. The summed E-state index contributed by atoms with van der Waals surface area (Å²) in [6.07, 6.45) is 6.99. The van der Waals surface area contributed by atoms with E-state index in [1.807, 2.05) is 0 Å². The normalized spacial score (nSPS) is 27.2. The van der Waals surface area contributed by atoms with Crippen LogP contribution < -0.4 is 10.6 Å². The molecule has 322 valence electrons. The van der Waals surface area contributed by atoms with Crippen molar-refractivity contribution in [3.05, 3.63) is 30.0 Å². The second-order valence-electron chi connectivity index (χ2n) is 18.4. The number of hydrogen-bond acceptors (Lipinski definition) is 10. The van der Waals surface area contributed by atoms with Gasteiger partial charge in [-0.2, -0.15) is 0 Å². The number of carbonyl (C=O) groups excluding carboxylic acids is 4. The minimum Gasteiger partial charge on any atom is -0.460 e. The lowest BCUT2D eigenvalue weighted by molar-refractivity contribution is -0.142. The zero-order chi connectivity index (χ0) is 41.6. The molecule has 2 saturated heterocycles. The molecule has 13 nitrogen and oxygen atoms in total. The third-order valence-corrected chi connectivity index (χ3v) is 12.6. The summed E-state index contributed by atoms with van der Waals surface area (Å²) in [5.74, 6) is -0.831. The SMILES string of the molecule is COC1CCC([C@@H]2CCN(C(=O)C3CCC([C@@H](CF)NC(=O)OC(C)(C)C)CC3)[C@@H]2C(=O)Nc2ccc3oc(C(=O)OCCCN4CCOC(C)(C)C4)cc3c2)CC1. The Morgan fingerprint density at radius 2 is 1.72 bits per heavy atom. The Morgan fingerprint density at radius 3 is 2.40 bits per heavy atom. The quantitative estimate of drug-likeness (QED) is 0.158. The highest BCUT2D eigenvalue weighted by atomic mass is 19.1.